The molecule has 0 spiro atoms. The maximum Gasteiger partial charge on any atom is 0.283 e. The Hall–Kier alpha value is -1.66. The molecule has 6 nitrogen and oxygen atoms in total. The summed E-state index contributed by atoms with van der Waals surface area (Å²) in [5.74, 6) is -0.747. The summed E-state index contributed by atoms with van der Waals surface area (Å²) in [6.07, 6.45) is 0. The lowest BCUT2D eigenvalue weighted by atomic mass is 10.1. The smallest absolute Gasteiger partial charge is 0.283 e. The zero-order chi connectivity index (χ0) is 13.7. The van der Waals surface area contributed by atoms with Gasteiger partial charge < -0.3 is 10.4 Å². The quantitative estimate of drug-likeness (QED) is 0.629. The third-order valence-electron chi connectivity index (χ3n) is 2.34. The van der Waals surface area contributed by atoms with E-state index in [0.29, 0.717) is 0 Å². The van der Waals surface area contributed by atoms with Crippen LogP contribution in [0.25, 0.3) is 0 Å². The highest BCUT2D eigenvalue weighted by Crippen LogP contribution is 2.25. The van der Waals surface area contributed by atoms with Gasteiger partial charge in [-0.2, -0.15) is 0 Å². The van der Waals surface area contributed by atoms with Crippen molar-refractivity contribution in [2.24, 2.45) is 5.92 Å². The van der Waals surface area contributed by atoms with Crippen LogP contribution < -0.4 is 5.32 Å². The molecule has 1 rings (SSSR count). The van der Waals surface area contributed by atoms with Gasteiger partial charge in [-0.25, -0.2) is 0 Å². The van der Waals surface area contributed by atoms with Gasteiger partial charge in [0.15, 0.2) is 0 Å². The van der Waals surface area contributed by atoms with Crippen LogP contribution in [-0.4, -0.2) is 29.1 Å². The first-order chi connectivity index (χ1) is 8.47. The van der Waals surface area contributed by atoms with Crippen molar-refractivity contribution < 1.29 is 14.8 Å². The van der Waals surface area contributed by atoms with Gasteiger partial charge in [-0.1, -0.05) is 24.6 Å². The first kappa shape index (κ1) is 14.4. The number of rotatable bonds is 5. The zero-order valence-electron chi connectivity index (χ0n) is 9.72. The van der Waals surface area contributed by atoms with Crippen molar-refractivity contribution in [3.63, 3.8) is 0 Å². The third kappa shape index (κ3) is 3.41. The Morgan fingerprint density at radius 2 is 2.28 bits per heavy atom. The van der Waals surface area contributed by atoms with Gasteiger partial charge in [-0.05, 0) is 12.0 Å². The topological polar surface area (TPSA) is 92.5 Å². The van der Waals surface area contributed by atoms with E-state index in [2.05, 4.69) is 5.32 Å². The number of aliphatic hydroxyl groups is 1. The number of hydrogen-bond acceptors (Lipinski definition) is 4. The molecule has 0 heterocycles. The van der Waals surface area contributed by atoms with Crippen molar-refractivity contribution in [1.29, 1.82) is 0 Å². The minimum absolute atomic E-state index is 0.0263. The fourth-order valence-corrected chi connectivity index (χ4v) is 1.56. The predicted octanol–water partition coefficient (Wildman–Crippen LogP) is 1.61. The normalized spacial score (nSPS) is 11.9. The van der Waals surface area contributed by atoms with E-state index in [9.17, 15) is 14.9 Å². The summed E-state index contributed by atoms with van der Waals surface area (Å²) in [7, 11) is 0. The van der Waals surface area contributed by atoms with Gasteiger partial charge in [0.25, 0.3) is 11.6 Å². The monoisotopic (exact) mass is 272 g/mol. The van der Waals surface area contributed by atoms with Crippen LogP contribution in [0.5, 0.6) is 0 Å². The molecule has 0 bridgehead atoms. The molecule has 0 saturated carbocycles. The molecule has 0 fully saturated rings. The van der Waals surface area contributed by atoms with Crippen molar-refractivity contribution in [3.8, 4) is 0 Å². The lowest BCUT2D eigenvalue weighted by Gasteiger charge is -2.10. The highest BCUT2D eigenvalue weighted by Gasteiger charge is 2.23. The molecule has 0 aromatic heterocycles. The van der Waals surface area contributed by atoms with E-state index in [1.165, 1.54) is 18.2 Å². The van der Waals surface area contributed by atoms with Crippen LogP contribution in [0.2, 0.25) is 5.02 Å². The van der Waals surface area contributed by atoms with Crippen LogP contribution in [0.1, 0.15) is 17.3 Å². The molecular formula is C11H13ClN2O4. The Balaban J connectivity index is 2.94. The van der Waals surface area contributed by atoms with E-state index in [1.807, 2.05) is 0 Å². The molecular weight excluding hydrogens is 260 g/mol. The number of nitrogens with one attached hydrogen (secondary N) is 1. The lowest BCUT2D eigenvalue weighted by molar-refractivity contribution is -0.385. The second kappa shape index (κ2) is 6.32. The number of nitro groups is 1. The fraction of sp³-hybridized carbons (Fsp3) is 0.364. The van der Waals surface area contributed by atoms with Gasteiger partial charge in [-0.15, -0.1) is 0 Å². The highest BCUT2D eigenvalue weighted by molar-refractivity contribution is 6.34. The number of benzene rings is 1. The van der Waals surface area contributed by atoms with Gasteiger partial charge in [0.2, 0.25) is 0 Å². The summed E-state index contributed by atoms with van der Waals surface area (Å²) in [5.41, 5.74) is -0.494. The van der Waals surface area contributed by atoms with Crippen LogP contribution >= 0.6 is 11.6 Å². The van der Waals surface area contributed by atoms with E-state index in [-0.39, 0.29) is 35.3 Å². The number of amides is 1. The Morgan fingerprint density at radius 3 is 2.83 bits per heavy atom. The first-order valence-corrected chi connectivity index (χ1v) is 5.67. The number of aliphatic hydroxyl groups excluding tert-OH is 1. The maximum atomic E-state index is 11.8. The molecule has 2 N–H and O–H groups in total. The minimum atomic E-state index is -0.656. The third-order valence-corrected chi connectivity index (χ3v) is 2.65. The summed E-state index contributed by atoms with van der Waals surface area (Å²) in [6.45, 7) is 1.88. The van der Waals surface area contributed by atoms with Crippen LogP contribution in [0.15, 0.2) is 18.2 Å². The lowest BCUT2D eigenvalue weighted by Crippen LogP contribution is -2.30. The summed E-state index contributed by atoms with van der Waals surface area (Å²) < 4.78 is 0. The van der Waals surface area contributed by atoms with Gasteiger partial charge in [0, 0.05) is 19.2 Å². The molecule has 1 unspecified atom stereocenters. The van der Waals surface area contributed by atoms with E-state index >= 15 is 0 Å². The summed E-state index contributed by atoms with van der Waals surface area (Å²) >= 11 is 5.80. The van der Waals surface area contributed by atoms with Crippen molar-refractivity contribution in [1.82, 2.24) is 5.32 Å². The van der Waals surface area contributed by atoms with Crippen LogP contribution in [0, 0.1) is 16.0 Å². The van der Waals surface area contributed by atoms with Crippen molar-refractivity contribution in [2.45, 2.75) is 6.92 Å². The van der Waals surface area contributed by atoms with Gasteiger partial charge >= 0.3 is 0 Å². The largest absolute Gasteiger partial charge is 0.396 e. The summed E-state index contributed by atoms with van der Waals surface area (Å²) in [6, 6.07) is 4.04. The van der Waals surface area contributed by atoms with E-state index in [0.717, 1.165) is 0 Å². The molecule has 0 aliphatic carbocycles. The Morgan fingerprint density at radius 1 is 1.61 bits per heavy atom. The van der Waals surface area contributed by atoms with E-state index in [4.69, 9.17) is 16.7 Å². The zero-order valence-corrected chi connectivity index (χ0v) is 10.5. The number of halogens is 1. The minimum Gasteiger partial charge on any atom is -0.396 e. The summed E-state index contributed by atoms with van der Waals surface area (Å²) in [5, 5.41) is 22.2. The number of carbonyl (C=O) groups is 1. The SMILES string of the molecule is CC(CO)CNC(=O)c1c(Cl)cccc1[N+](=O)[O-]. The number of nitro benzene ring substituents is 1. The summed E-state index contributed by atoms with van der Waals surface area (Å²) in [4.78, 5) is 22.0. The van der Waals surface area contributed by atoms with Gasteiger partial charge in [0.05, 0.1) is 9.95 Å². The second-order valence-corrected chi connectivity index (χ2v) is 4.30. The van der Waals surface area contributed by atoms with Gasteiger partial charge in [0.1, 0.15) is 5.56 Å². The molecule has 7 heteroatoms. The fourth-order valence-electron chi connectivity index (χ4n) is 1.31. The van der Waals surface area contributed by atoms with Crippen molar-refractivity contribution in [3.05, 3.63) is 38.9 Å². The number of nitrogens with zero attached hydrogens (tertiary/aromatic N) is 1. The van der Waals surface area contributed by atoms with Crippen LogP contribution in [-0.2, 0) is 0 Å². The second-order valence-electron chi connectivity index (χ2n) is 3.89. The predicted molar refractivity (Wildman–Crippen MR) is 66.7 cm³/mol. The maximum absolute atomic E-state index is 11.8. The molecule has 98 valence electrons. The molecule has 0 saturated heterocycles. The molecule has 1 amide bonds. The average molecular weight is 273 g/mol. The van der Waals surface area contributed by atoms with Crippen molar-refractivity contribution >= 4 is 23.2 Å². The molecule has 0 radical (unpaired) electrons. The Labute approximate surface area is 109 Å². The first-order valence-electron chi connectivity index (χ1n) is 5.29. The molecule has 1 atom stereocenters. The molecule has 0 aliphatic rings. The van der Waals surface area contributed by atoms with Crippen LogP contribution in [0.3, 0.4) is 0 Å². The Bertz CT molecular complexity index is 464. The standard InChI is InChI=1S/C11H13ClN2O4/c1-7(6-15)5-13-11(16)10-8(12)3-2-4-9(10)14(17)18/h2-4,7,15H,5-6H2,1H3,(H,13,16). The van der Waals surface area contributed by atoms with Crippen LogP contribution in [0.4, 0.5) is 5.69 Å². The average Bonchev–Trinajstić information content (AvgIpc) is 2.34. The highest BCUT2D eigenvalue weighted by atomic mass is 35.5. The number of hydrogen-bond donors (Lipinski definition) is 2. The molecule has 1 aromatic carbocycles. The van der Waals surface area contributed by atoms with E-state index in [1.54, 1.807) is 6.92 Å². The van der Waals surface area contributed by atoms with Gasteiger partial charge in [-0.3, -0.25) is 14.9 Å². The molecule has 1 aromatic rings. The van der Waals surface area contributed by atoms with E-state index < -0.39 is 10.8 Å². The molecule has 0 aliphatic heterocycles. The molecule has 18 heavy (non-hydrogen) atoms. The number of carbonyl (C=O) groups excluding carboxylic acids is 1. The van der Waals surface area contributed by atoms with Crippen molar-refractivity contribution in [2.75, 3.05) is 13.2 Å². The Kier molecular flexibility index (Phi) is 5.06.